The Balaban J connectivity index is 0.00000320. The lowest BCUT2D eigenvalue weighted by Gasteiger charge is -2.24. The second-order valence-corrected chi connectivity index (χ2v) is 7.72. The lowest BCUT2D eigenvalue weighted by atomic mass is 9.98. The first-order valence-corrected chi connectivity index (χ1v) is 10.3. The molecule has 1 aliphatic heterocycles. The Morgan fingerprint density at radius 1 is 1.03 bits per heavy atom. The van der Waals surface area contributed by atoms with E-state index in [1.165, 1.54) is 0 Å². The van der Waals surface area contributed by atoms with Crippen LogP contribution in [-0.4, -0.2) is 37.6 Å². The van der Waals surface area contributed by atoms with Crippen molar-refractivity contribution in [1.29, 1.82) is 0 Å². The highest BCUT2D eigenvalue weighted by atomic mass is 35.5. The fraction of sp³-hybridized carbons (Fsp3) is 0.364. The summed E-state index contributed by atoms with van der Waals surface area (Å²) in [6, 6.07) is 15.4. The minimum Gasteiger partial charge on any atom is -0.354 e. The number of hydrogen-bond acceptors (Lipinski definition) is 3. The van der Waals surface area contributed by atoms with Crippen molar-refractivity contribution in [2.24, 2.45) is 5.92 Å². The van der Waals surface area contributed by atoms with Crippen LogP contribution in [0.3, 0.4) is 0 Å². The normalized spacial score (nSPS) is 14.8. The number of amides is 3. The highest BCUT2D eigenvalue weighted by Crippen LogP contribution is 2.14. The van der Waals surface area contributed by atoms with Crippen molar-refractivity contribution in [1.82, 2.24) is 16.0 Å². The molecule has 6 nitrogen and oxygen atoms in total. The molecule has 1 atom stereocenters. The summed E-state index contributed by atoms with van der Waals surface area (Å²) < 4.78 is 0. The van der Waals surface area contributed by atoms with Crippen LogP contribution in [0.25, 0.3) is 0 Å². The average Bonchev–Trinajstić information content (AvgIpc) is 2.74. The Labute approximate surface area is 188 Å². The van der Waals surface area contributed by atoms with Gasteiger partial charge in [-0.05, 0) is 61.7 Å². The van der Waals surface area contributed by atoms with Crippen LogP contribution in [0.4, 0.5) is 10.5 Å². The highest BCUT2D eigenvalue weighted by molar-refractivity contribution is 6.30. The molecular formula is C22H28Cl2N4O2. The van der Waals surface area contributed by atoms with Crippen LogP contribution in [0.2, 0.25) is 5.02 Å². The highest BCUT2D eigenvalue weighted by Gasteiger charge is 2.23. The maximum absolute atomic E-state index is 12.8. The second-order valence-electron chi connectivity index (χ2n) is 7.29. The predicted molar refractivity (Wildman–Crippen MR) is 123 cm³/mol. The van der Waals surface area contributed by atoms with Gasteiger partial charge in [0.15, 0.2) is 0 Å². The van der Waals surface area contributed by atoms with E-state index < -0.39 is 12.1 Å². The summed E-state index contributed by atoms with van der Waals surface area (Å²) in [4.78, 5) is 25.3. The number of hydrogen-bond donors (Lipinski definition) is 4. The van der Waals surface area contributed by atoms with E-state index in [4.69, 9.17) is 11.6 Å². The van der Waals surface area contributed by atoms with Crippen LogP contribution in [0.15, 0.2) is 54.6 Å². The molecule has 3 amide bonds. The maximum Gasteiger partial charge on any atom is 0.319 e. The summed E-state index contributed by atoms with van der Waals surface area (Å²) in [5.41, 5.74) is 1.60. The van der Waals surface area contributed by atoms with Gasteiger partial charge in [0.1, 0.15) is 6.04 Å². The van der Waals surface area contributed by atoms with Gasteiger partial charge in [-0.25, -0.2) is 4.79 Å². The number of halogens is 2. The number of urea groups is 1. The molecule has 0 saturated carbocycles. The van der Waals surface area contributed by atoms with Gasteiger partial charge in [0.25, 0.3) is 0 Å². The quantitative estimate of drug-likeness (QED) is 0.519. The Hall–Kier alpha value is -2.28. The summed E-state index contributed by atoms with van der Waals surface area (Å²) in [6.07, 6.45) is 2.52. The SMILES string of the molecule is Cl.O=C(Nc1ccc(Cl)cc1)N[C@H](Cc1ccccc1)C(=O)NCC1CCNCC1. The van der Waals surface area contributed by atoms with Crippen LogP contribution in [0, 0.1) is 5.92 Å². The van der Waals surface area contributed by atoms with Crippen LogP contribution in [-0.2, 0) is 11.2 Å². The van der Waals surface area contributed by atoms with Crippen molar-refractivity contribution in [2.75, 3.05) is 25.0 Å². The van der Waals surface area contributed by atoms with Gasteiger partial charge in [0, 0.05) is 23.7 Å². The van der Waals surface area contributed by atoms with Gasteiger partial charge in [-0.15, -0.1) is 12.4 Å². The van der Waals surface area contributed by atoms with Gasteiger partial charge in [-0.3, -0.25) is 4.79 Å². The predicted octanol–water partition coefficient (Wildman–Crippen LogP) is 3.61. The molecule has 0 spiro atoms. The number of rotatable bonds is 7. The van der Waals surface area contributed by atoms with Gasteiger partial charge in [-0.1, -0.05) is 41.9 Å². The molecule has 3 rings (SSSR count). The number of nitrogens with one attached hydrogen (secondary N) is 4. The molecule has 2 aromatic rings. The van der Waals surface area contributed by atoms with Gasteiger partial charge in [0.05, 0.1) is 0 Å². The number of carbonyl (C=O) groups is 2. The number of anilines is 1. The van der Waals surface area contributed by atoms with E-state index in [1.54, 1.807) is 24.3 Å². The van der Waals surface area contributed by atoms with Crippen LogP contribution < -0.4 is 21.3 Å². The molecule has 4 N–H and O–H groups in total. The van der Waals surface area contributed by atoms with Crippen LogP contribution >= 0.6 is 24.0 Å². The molecule has 0 radical (unpaired) electrons. The van der Waals surface area contributed by atoms with E-state index in [-0.39, 0.29) is 18.3 Å². The molecule has 30 heavy (non-hydrogen) atoms. The molecule has 8 heteroatoms. The molecule has 0 bridgehead atoms. The maximum atomic E-state index is 12.8. The van der Waals surface area contributed by atoms with Crippen molar-refractivity contribution in [3.63, 3.8) is 0 Å². The summed E-state index contributed by atoms with van der Waals surface area (Å²) >= 11 is 5.88. The molecular weight excluding hydrogens is 423 g/mol. The number of carbonyl (C=O) groups excluding carboxylic acids is 2. The fourth-order valence-corrected chi connectivity index (χ4v) is 3.50. The molecule has 1 saturated heterocycles. The van der Waals surface area contributed by atoms with Crippen LogP contribution in [0.1, 0.15) is 18.4 Å². The monoisotopic (exact) mass is 450 g/mol. The van der Waals surface area contributed by atoms with Gasteiger partial charge >= 0.3 is 6.03 Å². The van der Waals surface area contributed by atoms with Crippen molar-refractivity contribution >= 4 is 41.6 Å². The third-order valence-electron chi connectivity index (χ3n) is 5.03. The molecule has 0 aliphatic carbocycles. The molecule has 0 aromatic heterocycles. The summed E-state index contributed by atoms with van der Waals surface area (Å²) in [6.45, 7) is 2.59. The van der Waals surface area contributed by atoms with Gasteiger partial charge in [0.2, 0.25) is 5.91 Å². The first-order valence-electron chi connectivity index (χ1n) is 9.95. The topological polar surface area (TPSA) is 82.3 Å². The largest absolute Gasteiger partial charge is 0.354 e. The Kier molecular flexibility index (Phi) is 9.94. The van der Waals surface area contributed by atoms with Crippen molar-refractivity contribution in [2.45, 2.75) is 25.3 Å². The first kappa shape index (κ1) is 24.0. The summed E-state index contributed by atoms with van der Waals surface area (Å²) in [5, 5.41) is 12.5. The molecule has 1 fully saturated rings. The first-order chi connectivity index (χ1) is 14.1. The van der Waals surface area contributed by atoms with Crippen molar-refractivity contribution in [3.8, 4) is 0 Å². The zero-order valence-electron chi connectivity index (χ0n) is 16.7. The lowest BCUT2D eigenvalue weighted by molar-refractivity contribution is -0.123. The third-order valence-corrected chi connectivity index (χ3v) is 5.28. The fourth-order valence-electron chi connectivity index (χ4n) is 3.37. The minimum absolute atomic E-state index is 0. The summed E-state index contributed by atoms with van der Waals surface area (Å²) in [7, 11) is 0. The number of benzene rings is 2. The number of piperidine rings is 1. The Morgan fingerprint density at radius 3 is 2.37 bits per heavy atom. The Bertz CT molecular complexity index is 797. The Morgan fingerprint density at radius 2 is 1.70 bits per heavy atom. The third kappa shape index (κ3) is 7.86. The van der Waals surface area contributed by atoms with E-state index in [0.717, 1.165) is 31.5 Å². The van der Waals surface area contributed by atoms with Gasteiger partial charge in [-0.2, -0.15) is 0 Å². The zero-order valence-corrected chi connectivity index (χ0v) is 18.3. The molecule has 162 valence electrons. The van der Waals surface area contributed by atoms with E-state index in [0.29, 0.717) is 29.6 Å². The lowest BCUT2D eigenvalue weighted by Crippen LogP contribution is -2.50. The second kappa shape index (κ2) is 12.4. The minimum atomic E-state index is -0.661. The zero-order chi connectivity index (χ0) is 20.5. The van der Waals surface area contributed by atoms with Crippen molar-refractivity contribution in [3.05, 3.63) is 65.2 Å². The van der Waals surface area contributed by atoms with Crippen molar-refractivity contribution < 1.29 is 9.59 Å². The van der Waals surface area contributed by atoms with E-state index in [9.17, 15) is 9.59 Å². The molecule has 1 aliphatic rings. The molecule has 2 aromatic carbocycles. The van der Waals surface area contributed by atoms with E-state index in [1.807, 2.05) is 30.3 Å². The average molecular weight is 451 g/mol. The smallest absolute Gasteiger partial charge is 0.319 e. The van der Waals surface area contributed by atoms with Crippen LogP contribution in [0.5, 0.6) is 0 Å². The standard InChI is InChI=1S/C22H27ClN4O2.ClH/c23-18-6-8-19(9-7-18)26-22(29)27-20(14-16-4-2-1-3-5-16)21(28)25-15-17-10-12-24-13-11-17;/h1-9,17,20,24H,10-15H2,(H,25,28)(H2,26,27,29);1H/t20-;/m1./s1. The summed E-state index contributed by atoms with van der Waals surface area (Å²) in [5.74, 6) is 0.305. The molecule has 0 unspecified atom stereocenters. The molecule has 1 heterocycles. The van der Waals surface area contributed by atoms with E-state index in [2.05, 4.69) is 21.3 Å². The van der Waals surface area contributed by atoms with E-state index >= 15 is 0 Å². The van der Waals surface area contributed by atoms with Gasteiger partial charge < -0.3 is 21.3 Å².